The maximum Gasteiger partial charge on any atom is 0.486 e. The Kier molecular flexibility index (Phi) is 5.44. The predicted molar refractivity (Wildman–Crippen MR) is 89.8 cm³/mol. The second-order valence-electron chi connectivity index (χ2n) is 7.03. The molecule has 1 aromatic heterocycles. The molecule has 0 radical (unpaired) electrons. The van der Waals surface area contributed by atoms with Gasteiger partial charge < -0.3 is 10.4 Å². The van der Waals surface area contributed by atoms with Gasteiger partial charge in [0.15, 0.2) is 5.78 Å². The Morgan fingerprint density at radius 1 is 1.04 bits per heavy atom. The zero-order valence-corrected chi connectivity index (χ0v) is 15.3. The number of fused-ring (bicyclic) bond motifs is 1. The fourth-order valence-electron chi connectivity index (χ4n) is 2.69. The summed E-state index contributed by atoms with van der Waals surface area (Å²) in [5, 5.41) is 25.0. The summed E-state index contributed by atoms with van der Waals surface area (Å²) in [5.74, 6) is -2.33. The second-order valence-corrected chi connectivity index (χ2v) is 7.03. The first-order valence-electron chi connectivity index (χ1n) is 8.33. The lowest BCUT2D eigenvalue weighted by Crippen LogP contribution is -2.50. The van der Waals surface area contributed by atoms with E-state index in [0.717, 1.165) is 12.1 Å². The molecule has 0 saturated carbocycles. The van der Waals surface area contributed by atoms with Crippen LogP contribution in [0, 0.1) is 22.3 Å². The van der Waals surface area contributed by atoms with Crippen LogP contribution in [0.3, 0.4) is 0 Å². The summed E-state index contributed by atoms with van der Waals surface area (Å²) in [6.45, 7) is 6.27. The third-order valence-electron chi connectivity index (χ3n) is 3.99. The van der Waals surface area contributed by atoms with E-state index < -0.39 is 45.0 Å². The number of rotatable bonds is 5. The third kappa shape index (κ3) is 3.86. The summed E-state index contributed by atoms with van der Waals surface area (Å²) in [6, 6.07) is 3.24. The Labute approximate surface area is 153 Å². The van der Waals surface area contributed by atoms with Crippen LogP contribution in [0.25, 0.3) is 11.0 Å². The summed E-state index contributed by atoms with van der Waals surface area (Å²) in [4.78, 5) is 24.5. The molecule has 146 valence electrons. The summed E-state index contributed by atoms with van der Waals surface area (Å²) in [6.07, 6.45) is -5.03. The Morgan fingerprint density at radius 2 is 1.63 bits per heavy atom. The maximum absolute atomic E-state index is 13.4. The molecule has 1 aromatic carbocycles. The van der Waals surface area contributed by atoms with Gasteiger partial charge in [0.1, 0.15) is 0 Å². The first-order chi connectivity index (χ1) is 12.4. The van der Waals surface area contributed by atoms with Crippen LogP contribution in [0.5, 0.6) is 0 Å². The lowest BCUT2D eigenvalue weighted by molar-refractivity contribution is -0.647. The number of nitrogens with zero attached hydrogens (tertiary/aromatic N) is 2. The van der Waals surface area contributed by atoms with E-state index in [-0.39, 0.29) is 28.4 Å². The van der Waals surface area contributed by atoms with E-state index in [0.29, 0.717) is 0 Å². The molecule has 0 bridgehead atoms. The number of alkyl halides is 3. The number of ketones is 2. The van der Waals surface area contributed by atoms with Gasteiger partial charge in [-0.05, 0) is 12.0 Å². The van der Waals surface area contributed by atoms with Crippen molar-refractivity contribution in [2.24, 2.45) is 11.8 Å². The Morgan fingerprint density at radius 3 is 2.11 bits per heavy atom. The molecule has 0 saturated heterocycles. The average molecular weight is 384 g/mol. The van der Waals surface area contributed by atoms with Crippen molar-refractivity contribution in [3.05, 3.63) is 45.6 Å². The van der Waals surface area contributed by atoms with Gasteiger partial charge in [0, 0.05) is 30.0 Å². The molecule has 0 amide bonds. The smallest absolute Gasteiger partial charge is 0.486 e. The SMILES string of the molecule is CC(C)CC(=O)c1ccc2c(c1)[n+]([O-])c(C(=O)C(C)C)c(C(F)(F)F)[n+]2[O-]. The summed E-state index contributed by atoms with van der Waals surface area (Å²) < 4.78 is 39.6. The number of benzene rings is 1. The van der Waals surface area contributed by atoms with Crippen LogP contribution < -0.4 is 9.46 Å². The van der Waals surface area contributed by atoms with Crippen molar-refractivity contribution in [1.29, 1.82) is 0 Å². The van der Waals surface area contributed by atoms with Crippen molar-refractivity contribution < 1.29 is 32.2 Å². The highest BCUT2D eigenvalue weighted by Gasteiger charge is 2.51. The van der Waals surface area contributed by atoms with Gasteiger partial charge in [0.05, 0.1) is 0 Å². The topological polar surface area (TPSA) is 88.0 Å². The summed E-state index contributed by atoms with van der Waals surface area (Å²) in [5.41, 5.74) is -4.07. The largest absolute Gasteiger partial charge is 0.618 e. The lowest BCUT2D eigenvalue weighted by Gasteiger charge is -2.15. The normalized spacial score (nSPS) is 12.2. The maximum atomic E-state index is 13.4. The molecule has 2 aromatic rings. The minimum Gasteiger partial charge on any atom is -0.618 e. The zero-order chi connectivity index (χ0) is 20.7. The van der Waals surface area contributed by atoms with Crippen LogP contribution >= 0.6 is 0 Å². The first kappa shape index (κ1) is 20.6. The van der Waals surface area contributed by atoms with Crippen LogP contribution in [0.4, 0.5) is 13.2 Å². The van der Waals surface area contributed by atoms with Crippen LogP contribution in [-0.4, -0.2) is 11.6 Å². The van der Waals surface area contributed by atoms with E-state index in [4.69, 9.17) is 0 Å². The Hall–Kier alpha value is -2.71. The fraction of sp³-hybridized carbons (Fsp3) is 0.444. The molecule has 2 rings (SSSR count). The van der Waals surface area contributed by atoms with Crippen molar-refractivity contribution in [3.63, 3.8) is 0 Å². The molecule has 0 aliphatic heterocycles. The van der Waals surface area contributed by atoms with Gasteiger partial charge in [-0.25, -0.2) is 0 Å². The predicted octanol–water partition coefficient (Wildman–Crippen LogP) is 3.19. The molecule has 6 nitrogen and oxygen atoms in total. The van der Waals surface area contributed by atoms with Gasteiger partial charge in [-0.3, -0.25) is 9.59 Å². The molecule has 0 atom stereocenters. The summed E-state index contributed by atoms with van der Waals surface area (Å²) >= 11 is 0. The molecular weight excluding hydrogens is 365 g/mol. The van der Waals surface area contributed by atoms with Crippen molar-refractivity contribution in [1.82, 2.24) is 0 Å². The fourth-order valence-corrected chi connectivity index (χ4v) is 2.69. The number of carbonyl (C=O) groups is 2. The van der Waals surface area contributed by atoms with Crippen molar-refractivity contribution >= 4 is 22.6 Å². The molecule has 27 heavy (non-hydrogen) atoms. The molecule has 0 N–H and O–H groups in total. The Bertz CT molecular complexity index is 921. The number of Topliss-reactive ketones (excluding diaryl/α,β-unsaturated/α-hetero) is 2. The van der Waals surface area contributed by atoms with E-state index in [1.807, 2.05) is 13.8 Å². The lowest BCUT2D eigenvalue weighted by atomic mass is 10.00. The number of aromatic nitrogens is 2. The highest BCUT2D eigenvalue weighted by molar-refractivity contribution is 5.99. The molecule has 0 fully saturated rings. The van der Waals surface area contributed by atoms with E-state index >= 15 is 0 Å². The Balaban J connectivity index is 2.86. The molecule has 0 aliphatic carbocycles. The van der Waals surface area contributed by atoms with Gasteiger partial charge in [-0.2, -0.15) is 17.9 Å². The van der Waals surface area contributed by atoms with E-state index in [2.05, 4.69) is 0 Å². The monoisotopic (exact) mass is 384 g/mol. The van der Waals surface area contributed by atoms with Crippen molar-refractivity contribution in [2.75, 3.05) is 0 Å². The van der Waals surface area contributed by atoms with Crippen molar-refractivity contribution in [2.45, 2.75) is 40.3 Å². The van der Waals surface area contributed by atoms with E-state index in [9.17, 15) is 33.2 Å². The first-order valence-corrected chi connectivity index (χ1v) is 8.33. The molecule has 1 heterocycles. The number of hydrogen-bond donors (Lipinski definition) is 0. The summed E-state index contributed by atoms with van der Waals surface area (Å²) in [7, 11) is 0. The average Bonchev–Trinajstić information content (AvgIpc) is 2.54. The van der Waals surface area contributed by atoms with Crippen LogP contribution in [0.15, 0.2) is 18.2 Å². The third-order valence-corrected chi connectivity index (χ3v) is 3.99. The highest BCUT2D eigenvalue weighted by atomic mass is 19.4. The second kappa shape index (κ2) is 7.13. The van der Waals surface area contributed by atoms with Gasteiger partial charge in [-0.15, -0.1) is 4.73 Å². The number of halogens is 3. The standard InChI is InChI=1S/C18H19F3N2O4/c1-9(2)7-14(24)11-5-6-12-13(8-11)22(26)15(16(25)10(3)4)17(23(12)27)18(19,20)21/h5-6,8-10H,7H2,1-4H3. The highest BCUT2D eigenvalue weighted by Crippen LogP contribution is 2.30. The van der Waals surface area contributed by atoms with Gasteiger partial charge in [0.2, 0.25) is 5.78 Å². The molecule has 0 aliphatic rings. The van der Waals surface area contributed by atoms with Crippen LogP contribution in [0.2, 0.25) is 0 Å². The van der Waals surface area contributed by atoms with Crippen LogP contribution in [0.1, 0.15) is 60.7 Å². The zero-order valence-electron chi connectivity index (χ0n) is 15.3. The molecule has 0 spiro atoms. The minimum absolute atomic E-state index is 0.0303. The molecule has 9 heteroatoms. The van der Waals surface area contributed by atoms with E-state index in [1.54, 1.807) is 0 Å². The van der Waals surface area contributed by atoms with Gasteiger partial charge >= 0.3 is 17.6 Å². The number of hydrogen-bond acceptors (Lipinski definition) is 4. The number of carbonyl (C=O) groups excluding carboxylic acids is 2. The van der Waals surface area contributed by atoms with E-state index in [1.165, 1.54) is 19.9 Å². The van der Waals surface area contributed by atoms with Crippen molar-refractivity contribution in [3.8, 4) is 0 Å². The van der Waals surface area contributed by atoms with Gasteiger partial charge in [-0.1, -0.05) is 27.7 Å². The quantitative estimate of drug-likeness (QED) is 0.450. The molecule has 0 unspecified atom stereocenters. The van der Waals surface area contributed by atoms with Gasteiger partial charge in [0.25, 0.3) is 11.0 Å². The molecular formula is C18H19F3N2O4. The minimum atomic E-state index is -5.20. The van der Waals surface area contributed by atoms with Crippen LogP contribution in [-0.2, 0) is 6.18 Å².